The van der Waals surface area contributed by atoms with Crippen LogP contribution in [0.5, 0.6) is 0 Å². The minimum atomic E-state index is -0.574. The summed E-state index contributed by atoms with van der Waals surface area (Å²) in [5, 5.41) is 2.80. The molecule has 20 heavy (non-hydrogen) atoms. The zero-order valence-corrected chi connectivity index (χ0v) is 12.1. The topological polar surface area (TPSA) is 92.5 Å². The third-order valence-corrected chi connectivity index (χ3v) is 4.67. The van der Waals surface area contributed by atoms with Gasteiger partial charge in [0.05, 0.1) is 0 Å². The first-order chi connectivity index (χ1) is 9.41. The lowest BCUT2D eigenvalue weighted by atomic mass is 9.76. The van der Waals surface area contributed by atoms with Crippen molar-refractivity contribution in [2.45, 2.75) is 51.1 Å². The smallest absolute Gasteiger partial charge is 0.251 e. The van der Waals surface area contributed by atoms with E-state index in [0.29, 0.717) is 12.8 Å². The lowest BCUT2D eigenvalue weighted by Gasteiger charge is -2.35. The van der Waals surface area contributed by atoms with Gasteiger partial charge in [-0.05, 0) is 25.2 Å². The SMILES string of the molecule is CC1C(N)CCCC1C(=O)NC1CCC(=O)N(C)C1=O. The van der Waals surface area contributed by atoms with Gasteiger partial charge in [-0.15, -0.1) is 0 Å². The van der Waals surface area contributed by atoms with Gasteiger partial charge in [0.25, 0.3) is 5.91 Å². The molecule has 6 heteroatoms. The lowest BCUT2D eigenvalue weighted by Crippen LogP contribution is -2.55. The molecule has 4 unspecified atom stereocenters. The fraction of sp³-hybridized carbons (Fsp3) is 0.786. The standard InChI is InChI=1S/C14H23N3O3/c1-8-9(4-3-5-10(8)15)13(19)16-11-6-7-12(18)17(2)14(11)20/h8-11H,3-7,15H2,1-2H3,(H,16,19). The van der Waals surface area contributed by atoms with Crippen LogP contribution in [0.4, 0.5) is 0 Å². The molecule has 1 saturated carbocycles. The van der Waals surface area contributed by atoms with Gasteiger partial charge in [0.1, 0.15) is 6.04 Å². The van der Waals surface area contributed by atoms with Crippen LogP contribution in [0.25, 0.3) is 0 Å². The molecule has 2 aliphatic rings. The van der Waals surface area contributed by atoms with E-state index >= 15 is 0 Å². The van der Waals surface area contributed by atoms with E-state index in [4.69, 9.17) is 5.73 Å². The average molecular weight is 281 g/mol. The summed E-state index contributed by atoms with van der Waals surface area (Å²) in [5.41, 5.74) is 6.01. The largest absolute Gasteiger partial charge is 0.344 e. The summed E-state index contributed by atoms with van der Waals surface area (Å²) in [6, 6.07) is -0.527. The highest BCUT2D eigenvalue weighted by Gasteiger charge is 2.37. The molecule has 6 nitrogen and oxygen atoms in total. The predicted octanol–water partition coefficient (Wildman–Crippen LogP) is 0.0135. The van der Waals surface area contributed by atoms with E-state index in [1.807, 2.05) is 6.92 Å². The number of hydrogen-bond acceptors (Lipinski definition) is 4. The number of carbonyl (C=O) groups is 3. The summed E-state index contributed by atoms with van der Waals surface area (Å²) in [6.07, 6.45) is 3.40. The summed E-state index contributed by atoms with van der Waals surface area (Å²) >= 11 is 0. The third kappa shape index (κ3) is 2.85. The number of nitrogens with two attached hydrogens (primary N) is 1. The van der Waals surface area contributed by atoms with Gasteiger partial charge >= 0.3 is 0 Å². The van der Waals surface area contributed by atoms with Crippen molar-refractivity contribution in [3.63, 3.8) is 0 Å². The van der Waals surface area contributed by atoms with E-state index < -0.39 is 6.04 Å². The van der Waals surface area contributed by atoms with Crippen molar-refractivity contribution in [1.29, 1.82) is 0 Å². The number of piperidine rings is 1. The van der Waals surface area contributed by atoms with Crippen LogP contribution in [0.1, 0.15) is 39.0 Å². The number of amides is 3. The van der Waals surface area contributed by atoms with Crippen LogP contribution in [-0.4, -0.2) is 41.8 Å². The van der Waals surface area contributed by atoms with Crippen LogP contribution in [0.3, 0.4) is 0 Å². The molecule has 2 rings (SSSR count). The Bertz CT molecular complexity index is 424. The molecular weight excluding hydrogens is 258 g/mol. The van der Waals surface area contributed by atoms with E-state index in [1.165, 1.54) is 7.05 Å². The number of nitrogens with one attached hydrogen (secondary N) is 1. The van der Waals surface area contributed by atoms with Crippen LogP contribution in [-0.2, 0) is 14.4 Å². The first kappa shape index (κ1) is 15.0. The zero-order valence-electron chi connectivity index (χ0n) is 12.1. The van der Waals surface area contributed by atoms with E-state index in [2.05, 4.69) is 5.32 Å². The Hall–Kier alpha value is -1.43. The minimum Gasteiger partial charge on any atom is -0.344 e. The number of likely N-dealkylation sites (N-methyl/N-ethyl adjacent to an activating group) is 1. The van der Waals surface area contributed by atoms with Gasteiger partial charge in [-0.25, -0.2) is 0 Å². The maximum absolute atomic E-state index is 12.3. The summed E-state index contributed by atoms with van der Waals surface area (Å²) in [6.45, 7) is 1.99. The van der Waals surface area contributed by atoms with E-state index in [9.17, 15) is 14.4 Å². The first-order valence-corrected chi connectivity index (χ1v) is 7.28. The van der Waals surface area contributed by atoms with Gasteiger partial charge in [0.2, 0.25) is 11.8 Å². The molecule has 1 aliphatic heterocycles. The second-order valence-electron chi connectivity index (χ2n) is 5.95. The van der Waals surface area contributed by atoms with Crippen LogP contribution in [0.2, 0.25) is 0 Å². The van der Waals surface area contributed by atoms with Gasteiger partial charge in [0.15, 0.2) is 0 Å². The monoisotopic (exact) mass is 281 g/mol. The summed E-state index contributed by atoms with van der Waals surface area (Å²) in [5.74, 6) is -0.610. The van der Waals surface area contributed by atoms with Crippen LogP contribution >= 0.6 is 0 Å². The molecule has 0 spiro atoms. The lowest BCUT2D eigenvalue weighted by molar-refractivity contribution is -0.150. The zero-order chi connectivity index (χ0) is 14.9. The molecule has 112 valence electrons. The molecule has 0 aromatic heterocycles. The summed E-state index contributed by atoms with van der Waals surface area (Å²) in [7, 11) is 1.46. The number of likely N-dealkylation sites (tertiary alicyclic amines) is 1. The van der Waals surface area contributed by atoms with Crippen molar-refractivity contribution in [2.24, 2.45) is 17.6 Å². The molecule has 1 aliphatic carbocycles. The van der Waals surface area contributed by atoms with Crippen LogP contribution in [0, 0.1) is 11.8 Å². The van der Waals surface area contributed by atoms with Crippen molar-refractivity contribution in [2.75, 3.05) is 7.05 Å². The molecule has 0 aromatic rings. The quantitative estimate of drug-likeness (QED) is 0.698. The highest BCUT2D eigenvalue weighted by atomic mass is 16.2. The van der Waals surface area contributed by atoms with Crippen LogP contribution in [0.15, 0.2) is 0 Å². The highest BCUT2D eigenvalue weighted by Crippen LogP contribution is 2.29. The Kier molecular flexibility index (Phi) is 4.42. The van der Waals surface area contributed by atoms with Gasteiger partial charge in [-0.1, -0.05) is 13.3 Å². The number of carbonyl (C=O) groups excluding carboxylic acids is 3. The number of rotatable bonds is 2. The molecule has 2 fully saturated rings. The summed E-state index contributed by atoms with van der Waals surface area (Å²) < 4.78 is 0. The fourth-order valence-electron chi connectivity index (χ4n) is 3.10. The Morgan fingerprint density at radius 3 is 2.70 bits per heavy atom. The minimum absolute atomic E-state index is 0.0470. The molecular formula is C14H23N3O3. The van der Waals surface area contributed by atoms with E-state index in [0.717, 1.165) is 24.2 Å². The Morgan fingerprint density at radius 2 is 2.00 bits per heavy atom. The summed E-state index contributed by atoms with van der Waals surface area (Å²) in [4.78, 5) is 36.8. The molecule has 0 radical (unpaired) electrons. The second kappa shape index (κ2) is 5.91. The van der Waals surface area contributed by atoms with Crippen LogP contribution < -0.4 is 11.1 Å². The number of hydrogen-bond donors (Lipinski definition) is 2. The molecule has 0 bridgehead atoms. The number of imide groups is 1. The predicted molar refractivity (Wildman–Crippen MR) is 73.4 cm³/mol. The average Bonchev–Trinajstić information content (AvgIpc) is 2.42. The Balaban J connectivity index is 1.97. The molecule has 0 aromatic carbocycles. The molecule has 1 saturated heterocycles. The highest BCUT2D eigenvalue weighted by molar-refractivity contribution is 6.01. The van der Waals surface area contributed by atoms with Gasteiger partial charge in [0, 0.05) is 25.4 Å². The maximum Gasteiger partial charge on any atom is 0.251 e. The first-order valence-electron chi connectivity index (χ1n) is 7.28. The third-order valence-electron chi connectivity index (χ3n) is 4.67. The number of nitrogens with zero attached hydrogens (tertiary/aromatic N) is 1. The van der Waals surface area contributed by atoms with Crippen molar-refractivity contribution < 1.29 is 14.4 Å². The Labute approximate surface area is 119 Å². The van der Waals surface area contributed by atoms with Gasteiger partial charge < -0.3 is 11.1 Å². The molecule has 1 heterocycles. The van der Waals surface area contributed by atoms with Crippen molar-refractivity contribution in [3.05, 3.63) is 0 Å². The van der Waals surface area contributed by atoms with Gasteiger partial charge in [-0.2, -0.15) is 0 Å². The molecule has 3 amide bonds. The van der Waals surface area contributed by atoms with Crippen molar-refractivity contribution in [3.8, 4) is 0 Å². The van der Waals surface area contributed by atoms with Crippen molar-refractivity contribution >= 4 is 17.7 Å². The maximum atomic E-state index is 12.3. The fourth-order valence-corrected chi connectivity index (χ4v) is 3.10. The molecule has 4 atom stereocenters. The van der Waals surface area contributed by atoms with Crippen molar-refractivity contribution in [1.82, 2.24) is 10.2 Å². The normalized spacial score (nSPS) is 35.0. The molecule has 3 N–H and O–H groups in total. The van der Waals surface area contributed by atoms with Gasteiger partial charge in [-0.3, -0.25) is 19.3 Å². The van der Waals surface area contributed by atoms with E-state index in [-0.39, 0.29) is 35.6 Å². The van der Waals surface area contributed by atoms with E-state index in [1.54, 1.807) is 0 Å². The second-order valence-corrected chi connectivity index (χ2v) is 5.95. The Morgan fingerprint density at radius 1 is 1.30 bits per heavy atom.